The van der Waals surface area contributed by atoms with Gasteiger partial charge in [-0.05, 0) is 41.3 Å². The maximum absolute atomic E-state index is 12.9. The lowest BCUT2D eigenvalue weighted by Crippen LogP contribution is -2.35. The first-order valence-corrected chi connectivity index (χ1v) is 8.27. The largest absolute Gasteiger partial charge is 0.507 e. The number of fused-ring (bicyclic) bond motifs is 4. The van der Waals surface area contributed by atoms with Crippen LogP contribution in [0.3, 0.4) is 0 Å². The number of phenolic OH excluding ortho intramolecular Hbond substituents is 1. The van der Waals surface area contributed by atoms with Gasteiger partial charge in [0.15, 0.2) is 5.78 Å². The van der Waals surface area contributed by atoms with Crippen molar-refractivity contribution in [2.75, 3.05) is 0 Å². The summed E-state index contributed by atoms with van der Waals surface area (Å²) in [7, 11) is 0. The highest BCUT2D eigenvalue weighted by Crippen LogP contribution is 2.57. The zero-order valence-corrected chi connectivity index (χ0v) is 13.4. The second kappa shape index (κ2) is 4.54. The van der Waals surface area contributed by atoms with E-state index in [1.54, 1.807) is 24.3 Å². The van der Waals surface area contributed by atoms with Gasteiger partial charge in [-0.3, -0.25) is 14.4 Å². The van der Waals surface area contributed by atoms with Crippen molar-refractivity contribution in [3.8, 4) is 5.75 Å². The number of Topliss-reactive ketones (excluding diaryl/α,β-unsaturated/α-hetero) is 2. The van der Waals surface area contributed by atoms with Crippen LogP contribution in [0, 0.1) is 17.8 Å². The molecule has 3 unspecified atom stereocenters. The molecule has 1 N–H and O–H groups in total. The molecule has 1 aromatic carbocycles. The van der Waals surface area contributed by atoms with Crippen molar-refractivity contribution in [1.82, 2.24) is 0 Å². The van der Waals surface area contributed by atoms with Crippen LogP contribution in [0.25, 0.3) is 5.57 Å². The second-order valence-electron chi connectivity index (χ2n) is 6.95. The van der Waals surface area contributed by atoms with Gasteiger partial charge in [0.2, 0.25) is 11.6 Å². The van der Waals surface area contributed by atoms with Gasteiger partial charge < -0.3 is 5.11 Å². The highest BCUT2D eigenvalue weighted by atomic mass is 16.3. The molecule has 25 heavy (non-hydrogen) atoms. The molecule has 4 heteroatoms. The summed E-state index contributed by atoms with van der Waals surface area (Å²) in [5, 5.41) is 10.1. The third-order valence-corrected chi connectivity index (χ3v) is 5.78. The summed E-state index contributed by atoms with van der Waals surface area (Å²) in [6.07, 6.45) is 7.15. The predicted molar refractivity (Wildman–Crippen MR) is 90.8 cm³/mol. The Bertz CT molecular complexity index is 1030. The number of ketones is 3. The molecule has 122 valence electrons. The minimum absolute atomic E-state index is 0.0326. The first-order valence-electron chi connectivity index (χ1n) is 8.27. The number of carbonyl (C=O) groups is 3. The minimum atomic E-state index is -0.641. The van der Waals surface area contributed by atoms with Crippen LogP contribution in [0.5, 0.6) is 5.75 Å². The van der Waals surface area contributed by atoms with Crippen LogP contribution in [-0.2, 0) is 9.59 Å². The molecule has 0 amide bonds. The van der Waals surface area contributed by atoms with Gasteiger partial charge in [-0.25, -0.2) is 0 Å². The fraction of sp³-hybridized carbons (Fsp3) is 0.190. The lowest BCUT2D eigenvalue weighted by Gasteiger charge is -2.31. The van der Waals surface area contributed by atoms with Gasteiger partial charge in [-0.15, -0.1) is 0 Å². The predicted octanol–water partition coefficient (Wildman–Crippen LogP) is 2.80. The quantitative estimate of drug-likeness (QED) is 0.743. The van der Waals surface area contributed by atoms with E-state index in [1.165, 1.54) is 6.07 Å². The van der Waals surface area contributed by atoms with Crippen molar-refractivity contribution in [3.63, 3.8) is 0 Å². The first-order chi connectivity index (χ1) is 12.0. The Morgan fingerprint density at radius 1 is 0.960 bits per heavy atom. The molecule has 3 atom stereocenters. The van der Waals surface area contributed by atoms with Gasteiger partial charge >= 0.3 is 0 Å². The van der Waals surface area contributed by atoms with Crippen LogP contribution < -0.4 is 0 Å². The van der Waals surface area contributed by atoms with E-state index < -0.39 is 17.5 Å². The Morgan fingerprint density at radius 2 is 1.76 bits per heavy atom. The SMILES string of the molecule is CC1=C2C(=O)C=CC3=C4c5cccc(O)c5C(=O)C(=O)C4C(C=C1)C32. The van der Waals surface area contributed by atoms with E-state index in [0.29, 0.717) is 11.1 Å². The molecule has 0 aromatic heterocycles. The highest BCUT2D eigenvalue weighted by molar-refractivity contribution is 6.49. The molecule has 0 radical (unpaired) electrons. The number of benzene rings is 1. The lowest BCUT2D eigenvalue weighted by molar-refractivity contribution is -0.118. The maximum atomic E-state index is 12.9. The summed E-state index contributed by atoms with van der Waals surface area (Å²) in [5.74, 6) is -2.34. The van der Waals surface area contributed by atoms with Crippen LogP contribution in [-0.4, -0.2) is 22.5 Å². The number of hydrogen-bond donors (Lipinski definition) is 1. The van der Waals surface area contributed by atoms with Gasteiger partial charge in [0.05, 0.1) is 11.5 Å². The number of aromatic hydroxyl groups is 1. The minimum Gasteiger partial charge on any atom is -0.507 e. The molecule has 4 nitrogen and oxygen atoms in total. The molecule has 0 aliphatic heterocycles. The zero-order valence-electron chi connectivity index (χ0n) is 13.4. The molecule has 0 saturated carbocycles. The van der Waals surface area contributed by atoms with Gasteiger partial charge in [0.25, 0.3) is 0 Å². The number of hydrogen-bond acceptors (Lipinski definition) is 4. The Morgan fingerprint density at radius 3 is 2.56 bits per heavy atom. The summed E-state index contributed by atoms with van der Waals surface area (Å²) in [6.45, 7) is 1.90. The Balaban J connectivity index is 1.88. The molecule has 4 aliphatic carbocycles. The van der Waals surface area contributed by atoms with Crippen LogP contribution in [0.4, 0.5) is 0 Å². The molecule has 0 saturated heterocycles. The lowest BCUT2D eigenvalue weighted by atomic mass is 9.70. The summed E-state index contributed by atoms with van der Waals surface area (Å²) in [4.78, 5) is 37.9. The van der Waals surface area contributed by atoms with Crippen molar-refractivity contribution in [3.05, 3.63) is 70.3 Å². The maximum Gasteiger partial charge on any atom is 0.233 e. The van der Waals surface area contributed by atoms with Crippen molar-refractivity contribution in [2.45, 2.75) is 6.92 Å². The van der Waals surface area contributed by atoms with E-state index >= 15 is 0 Å². The van der Waals surface area contributed by atoms with Crippen molar-refractivity contribution in [2.24, 2.45) is 17.8 Å². The van der Waals surface area contributed by atoms with Crippen molar-refractivity contribution < 1.29 is 19.5 Å². The molecular formula is C21H14O4. The summed E-state index contributed by atoms with van der Waals surface area (Å²) < 4.78 is 0. The van der Waals surface area contributed by atoms with Crippen molar-refractivity contribution in [1.29, 1.82) is 0 Å². The topological polar surface area (TPSA) is 71.4 Å². The number of rotatable bonds is 0. The normalized spacial score (nSPS) is 29.2. The smallest absolute Gasteiger partial charge is 0.233 e. The van der Waals surface area contributed by atoms with E-state index in [9.17, 15) is 19.5 Å². The average molecular weight is 330 g/mol. The van der Waals surface area contributed by atoms with Crippen LogP contribution in [0.1, 0.15) is 22.8 Å². The van der Waals surface area contributed by atoms with E-state index in [0.717, 1.165) is 16.7 Å². The van der Waals surface area contributed by atoms with Gasteiger partial charge in [-0.2, -0.15) is 0 Å². The van der Waals surface area contributed by atoms with E-state index in [4.69, 9.17) is 0 Å². The Kier molecular flexibility index (Phi) is 2.60. The van der Waals surface area contributed by atoms with Gasteiger partial charge in [-0.1, -0.05) is 30.4 Å². The van der Waals surface area contributed by atoms with E-state index in [2.05, 4.69) is 0 Å². The first kappa shape index (κ1) is 14.3. The number of allylic oxidation sites excluding steroid dienone is 8. The van der Waals surface area contributed by atoms with Crippen LogP contribution in [0.2, 0.25) is 0 Å². The van der Waals surface area contributed by atoms with Crippen LogP contribution in [0.15, 0.2) is 59.2 Å². The average Bonchev–Trinajstić information content (AvgIpc) is 2.92. The summed E-state index contributed by atoms with van der Waals surface area (Å²) in [5.41, 5.74) is 4.02. The van der Waals surface area contributed by atoms with Crippen LogP contribution >= 0.6 is 0 Å². The third-order valence-electron chi connectivity index (χ3n) is 5.78. The molecule has 4 aliphatic rings. The third kappa shape index (κ3) is 1.59. The fourth-order valence-corrected chi connectivity index (χ4v) is 4.79. The van der Waals surface area contributed by atoms with E-state index in [-0.39, 0.29) is 28.9 Å². The molecule has 0 bridgehead atoms. The second-order valence-corrected chi connectivity index (χ2v) is 6.95. The monoisotopic (exact) mass is 330 g/mol. The Hall–Kier alpha value is -3.01. The molecule has 0 fully saturated rings. The van der Waals surface area contributed by atoms with Gasteiger partial charge in [0.1, 0.15) is 5.75 Å². The van der Waals surface area contributed by atoms with Gasteiger partial charge in [0, 0.05) is 17.4 Å². The summed E-state index contributed by atoms with van der Waals surface area (Å²) in [6, 6.07) is 4.88. The molecule has 1 aromatic rings. The van der Waals surface area contributed by atoms with E-state index in [1.807, 2.05) is 19.1 Å². The summed E-state index contributed by atoms with van der Waals surface area (Å²) >= 11 is 0. The highest BCUT2D eigenvalue weighted by Gasteiger charge is 2.53. The number of carbonyl (C=O) groups excluding carboxylic acids is 3. The molecule has 0 spiro atoms. The standard InChI is InChI=1S/C21H14O4/c1-9-5-6-12-16-11(7-8-14(23)15(9)16)17-10-3-2-4-13(22)18(10)20(24)21(25)19(12)17/h2-8,12,16,19,22H,1H3. The molecular weight excluding hydrogens is 316 g/mol. The molecule has 0 heterocycles. The fourth-order valence-electron chi connectivity index (χ4n) is 4.79. The molecule has 5 rings (SSSR count). The number of phenols is 1. The van der Waals surface area contributed by atoms with Crippen molar-refractivity contribution >= 4 is 22.9 Å². The zero-order chi connectivity index (χ0) is 17.5. The Labute approximate surface area is 143 Å².